The summed E-state index contributed by atoms with van der Waals surface area (Å²) in [5, 5.41) is 3.26. The van der Waals surface area contributed by atoms with E-state index in [0.717, 1.165) is 32.4 Å². The van der Waals surface area contributed by atoms with Gasteiger partial charge in [0.1, 0.15) is 0 Å². The van der Waals surface area contributed by atoms with Crippen molar-refractivity contribution in [3.05, 3.63) is 0 Å². The van der Waals surface area contributed by atoms with Crippen LogP contribution in [0.1, 0.15) is 38.5 Å². The van der Waals surface area contributed by atoms with E-state index in [4.69, 9.17) is 0 Å². The molecule has 0 spiro atoms. The number of nitrogens with zero attached hydrogens (tertiary/aromatic N) is 1. The number of carbonyl (C=O) groups excluding carboxylic acids is 1. The van der Waals surface area contributed by atoms with Crippen molar-refractivity contribution in [1.29, 1.82) is 0 Å². The number of nitrogens with one attached hydrogen (secondary N) is 1. The van der Waals surface area contributed by atoms with Gasteiger partial charge in [-0.1, -0.05) is 19.3 Å². The van der Waals surface area contributed by atoms with Crippen molar-refractivity contribution >= 4 is 5.91 Å². The van der Waals surface area contributed by atoms with Crippen LogP contribution in [0.15, 0.2) is 0 Å². The van der Waals surface area contributed by atoms with Crippen LogP contribution in [0.5, 0.6) is 0 Å². The summed E-state index contributed by atoms with van der Waals surface area (Å²) in [5.74, 6) is 0.766. The summed E-state index contributed by atoms with van der Waals surface area (Å²) >= 11 is 0. The standard InChI is InChI=1S/C12H22N2O/c1-13-11-7-8-14(9-11)12(15)10-5-3-2-4-6-10/h10-11,13H,2-9H2,1H3/t11-/m0/s1. The molecule has 2 rings (SSSR count). The third kappa shape index (κ3) is 2.51. The lowest BCUT2D eigenvalue weighted by Gasteiger charge is -2.26. The van der Waals surface area contributed by atoms with Gasteiger partial charge in [-0.15, -0.1) is 0 Å². The molecule has 3 heteroatoms. The highest BCUT2D eigenvalue weighted by Gasteiger charge is 2.30. The van der Waals surface area contributed by atoms with Gasteiger partial charge in [-0.3, -0.25) is 4.79 Å². The van der Waals surface area contributed by atoms with Crippen molar-refractivity contribution in [2.24, 2.45) is 5.92 Å². The van der Waals surface area contributed by atoms with Gasteiger partial charge in [0.2, 0.25) is 5.91 Å². The molecular weight excluding hydrogens is 188 g/mol. The zero-order valence-corrected chi connectivity index (χ0v) is 9.67. The molecule has 3 nitrogen and oxygen atoms in total. The molecular formula is C12H22N2O. The number of carbonyl (C=O) groups is 1. The zero-order valence-electron chi connectivity index (χ0n) is 9.67. The molecule has 2 aliphatic rings. The van der Waals surface area contributed by atoms with Crippen LogP contribution in [0.3, 0.4) is 0 Å². The molecule has 1 heterocycles. The Labute approximate surface area is 92.2 Å². The molecule has 15 heavy (non-hydrogen) atoms. The lowest BCUT2D eigenvalue weighted by atomic mass is 9.88. The maximum Gasteiger partial charge on any atom is 0.225 e. The molecule has 86 valence electrons. The molecule has 0 bridgehead atoms. The van der Waals surface area contributed by atoms with E-state index < -0.39 is 0 Å². The Hall–Kier alpha value is -0.570. The van der Waals surface area contributed by atoms with Gasteiger partial charge >= 0.3 is 0 Å². The molecule has 1 saturated heterocycles. The van der Waals surface area contributed by atoms with E-state index in [1.165, 1.54) is 19.3 Å². The average Bonchev–Trinajstić information content (AvgIpc) is 2.78. The molecule has 0 aromatic heterocycles. The van der Waals surface area contributed by atoms with Gasteiger partial charge in [0, 0.05) is 25.0 Å². The highest BCUT2D eigenvalue weighted by atomic mass is 16.2. The summed E-state index contributed by atoms with van der Waals surface area (Å²) in [6.45, 7) is 1.88. The topological polar surface area (TPSA) is 32.3 Å². The second kappa shape index (κ2) is 4.97. The van der Waals surface area contributed by atoms with Crippen molar-refractivity contribution in [1.82, 2.24) is 10.2 Å². The molecule has 0 radical (unpaired) electrons. The summed E-state index contributed by atoms with van der Waals surface area (Å²) in [4.78, 5) is 14.2. The van der Waals surface area contributed by atoms with Gasteiger partial charge in [-0.25, -0.2) is 0 Å². The first-order valence-electron chi connectivity index (χ1n) is 6.27. The van der Waals surface area contributed by atoms with Crippen LogP contribution in [0.4, 0.5) is 0 Å². The number of likely N-dealkylation sites (tertiary alicyclic amines) is 1. The summed E-state index contributed by atoms with van der Waals surface area (Å²) in [7, 11) is 1.99. The highest BCUT2D eigenvalue weighted by molar-refractivity contribution is 5.79. The minimum Gasteiger partial charge on any atom is -0.341 e. The summed E-state index contributed by atoms with van der Waals surface area (Å²) in [6.07, 6.45) is 7.19. The van der Waals surface area contributed by atoms with E-state index >= 15 is 0 Å². The average molecular weight is 210 g/mol. The number of hydrogen-bond acceptors (Lipinski definition) is 2. The van der Waals surface area contributed by atoms with Crippen LogP contribution in [0, 0.1) is 5.92 Å². The van der Waals surface area contributed by atoms with Gasteiger partial charge in [-0.2, -0.15) is 0 Å². The second-order valence-electron chi connectivity index (χ2n) is 4.89. The monoisotopic (exact) mass is 210 g/mol. The van der Waals surface area contributed by atoms with Crippen LogP contribution in [-0.2, 0) is 4.79 Å². The maximum absolute atomic E-state index is 12.2. The Bertz CT molecular complexity index is 224. The van der Waals surface area contributed by atoms with E-state index in [1.54, 1.807) is 0 Å². The van der Waals surface area contributed by atoms with Gasteiger partial charge in [-0.05, 0) is 26.3 Å². The fourth-order valence-corrected chi connectivity index (χ4v) is 2.80. The highest BCUT2D eigenvalue weighted by Crippen LogP contribution is 2.26. The SMILES string of the molecule is CN[C@H]1CCN(C(=O)C2CCCCC2)C1. The molecule has 1 amide bonds. The fraction of sp³-hybridized carbons (Fsp3) is 0.917. The summed E-state index contributed by atoms with van der Waals surface area (Å²) < 4.78 is 0. The number of hydrogen-bond donors (Lipinski definition) is 1. The fourth-order valence-electron chi connectivity index (χ4n) is 2.80. The van der Waals surface area contributed by atoms with Gasteiger partial charge in [0.05, 0.1) is 0 Å². The number of rotatable bonds is 2. The van der Waals surface area contributed by atoms with Crippen LogP contribution in [-0.4, -0.2) is 37.0 Å². The lowest BCUT2D eigenvalue weighted by Crippen LogP contribution is -2.37. The first-order chi connectivity index (χ1) is 7.31. The van der Waals surface area contributed by atoms with Crippen LogP contribution < -0.4 is 5.32 Å². The van der Waals surface area contributed by atoms with E-state index in [9.17, 15) is 4.79 Å². The first-order valence-corrected chi connectivity index (χ1v) is 6.27. The van der Waals surface area contributed by atoms with Crippen molar-refractivity contribution in [3.63, 3.8) is 0 Å². The molecule has 1 saturated carbocycles. The Morgan fingerprint density at radius 2 is 1.93 bits per heavy atom. The lowest BCUT2D eigenvalue weighted by molar-refractivity contribution is -0.135. The normalized spacial score (nSPS) is 28.3. The van der Waals surface area contributed by atoms with Crippen LogP contribution in [0.2, 0.25) is 0 Å². The Morgan fingerprint density at radius 3 is 2.53 bits per heavy atom. The number of likely N-dealkylation sites (N-methyl/N-ethyl adjacent to an activating group) is 1. The van der Waals surface area contributed by atoms with Crippen LogP contribution >= 0.6 is 0 Å². The molecule has 0 unspecified atom stereocenters. The Kier molecular flexibility index (Phi) is 3.62. The molecule has 1 N–H and O–H groups in total. The predicted octanol–water partition coefficient (Wildman–Crippen LogP) is 1.39. The molecule has 0 aromatic rings. The predicted molar refractivity (Wildman–Crippen MR) is 60.6 cm³/mol. The third-order valence-electron chi connectivity index (χ3n) is 3.86. The second-order valence-corrected chi connectivity index (χ2v) is 4.89. The van der Waals surface area contributed by atoms with Crippen molar-refractivity contribution in [2.45, 2.75) is 44.6 Å². The summed E-state index contributed by atoms with van der Waals surface area (Å²) in [5.41, 5.74) is 0. The van der Waals surface area contributed by atoms with Crippen LogP contribution in [0.25, 0.3) is 0 Å². The molecule has 1 aliphatic heterocycles. The number of amides is 1. The van der Waals surface area contributed by atoms with E-state index in [0.29, 0.717) is 17.9 Å². The van der Waals surface area contributed by atoms with E-state index in [-0.39, 0.29) is 0 Å². The van der Waals surface area contributed by atoms with E-state index in [1.807, 2.05) is 7.05 Å². The molecule has 2 fully saturated rings. The molecule has 0 aromatic carbocycles. The third-order valence-corrected chi connectivity index (χ3v) is 3.86. The summed E-state index contributed by atoms with van der Waals surface area (Å²) in [6, 6.07) is 0.526. The smallest absolute Gasteiger partial charge is 0.225 e. The Balaban J connectivity index is 1.85. The van der Waals surface area contributed by atoms with Crippen molar-refractivity contribution < 1.29 is 4.79 Å². The largest absolute Gasteiger partial charge is 0.341 e. The maximum atomic E-state index is 12.2. The first kappa shape index (κ1) is 10.9. The minimum atomic E-state index is 0.342. The zero-order chi connectivity index (χ0) is 10.7. The molecule has 1 atom stereocenters. The Morgan fingerprint density at radius 1 is 1.20 bits per heavy atom. The van der Waals surface area contributed by atoms with Crippen molar-refractivity contribution in [2.75, 3.05) is 20.1 Å². The van der Waals surface area contributed by atoms with E-state index in [2.05, 4.69) is 10.2 Å². The van der Waals surface area contributed by atoms with Gasteiger partial charge in [0.15, 0.2) is 0 Å². The van der Waals surface area contributed by atoms with Crippen molar-refractivity contribution in [3.8, 4) is 0 Å². The molecule has 1 aliphatic carbocycles. The minimum absolute atomic E-state index is 0.342. The van der Waals surface area contributed by atoms with Gasteiger partial charge in [0.25, 0.3) is 0 Å². The quantitative estimate of drug-likeness (QED) is 0.747. The van der Waals surface area contributed by atoms with Gasteiger partial charge < -0.3 is 10.2 Å².